The predicted molar refractivity (Wildman–Crippen MR) is 85.0 cm³/mol. The maximum Gasteiger partial charge on any atom is 0.180 e. The number of anilines is 1. The molecule has 0 aliphatic carbocycles. The lowest BCUT2D eigenvalue weighted by Gasteiger charge is -2.11. The van der Waals surface area contributed by atoms with Gasteiger partial charge in [0, 0.05) is 24.2 Å². The van der Waals surface area contributed by atoms with E-state index < -0.39 is 0 Å². The third kappa shape index (κ3) is 4.20. The highest BCUT2D eigenvalue weighted by Gasteiger charge is 2.04. The summed E-state index contributed by atoms with van der Waals surface area (Å²) in [7, 11) is 0. The molecule has 2 rings (SSSR count). The van der Waals surface area contributed by atoms with Crippen LogP contribution in [0.15, 0.2) is 18.3 Å². The molecule has 0 aliphatic heterocycles. The number of rotatable bonds is 4. The zero-order valence-electron chi connectivity index (χ0n) is 11.5. The van der Waals surface area contributed by atoms with Gasteiger partial charge in [0.15, 0.2) is 5.13 Å². The van der Waals surface area contributed by atoms with E-state index in [-0.39, 0.29) is 12.4 Å². The van der Waals surface area contributed by atoms with Crippen LogP contribution in [-0.4, -0.2) is 4.98 Å². The summed E-state index contributed by atoms with van der Waals surface area (Å²) in [6.45, 7) is 8.18. The minimum absolute atomic E-state index is 0. The van der Waals surface area contributed by atoms with Gasteiger partial charge in [0.1, 0.15) is 0 Å². The number of nitrogens with two attached hydrogens (primary N) is 1. The van der Waals surface area contributed by atoms with Gasteiger partial charge in [-0.3, -0.25) is 0 Å². The number of hydrogen-bond acceptors (Lipinski definition) is 4. The summed E-state index contributed by atoms with van der Waals surface area (Å²) in [5.41, 5.74) is 11.0. The number of aryl methyl sites for hydroxylation is 3. The van der Waals surface area contributed by atoms with Crippen LogP contribution in [0.5, 0.6) is 0 Å². The molecule has 5 heteroatoms. The van der Waals surface area contributed by atoms with Crippen molar-refractivity contribution in [3.63, 3.8) is 0 Å². The first-order valence-corrected chi connectivity index (χ1v) is 6.85. The number of benzene rings is 1. The average Bonchev–Trinajstić information content (AvgIpc) is 2.68. The van der Waals surface area contributed by atoms with Gasteiger partial charge in [-0.25, -0.2) is 4.98 Å². The average molecular weight is 298 g/mol. The van der Waals surface area contributed by atoms with Crippen LogP contribution < -0.4 is 11.1 Å². The van der Waals surface area contributed by atoms with Gasteiger partial charge in [0.05, 0.1) is 0 Å². The Bertz CT molecular complexity index is 528. The molecule has 0 radical (unpaired) electrons. The number of aromatic nitrogens is 1. The highest BCUT2D eigenvalue weighted by Crippen LogP contribution is 2.17. The summed E-state index contributed by atoms with van der Waals surface area (Å²) < 4.78 is 0. The smallest absolute Gasteiger partial charge is 0.180 e. The first-order valence-electron chi connectivity index (χ1n) is 6.04. The predicted octanol–water partition coefficient (Wildman–Crippen LogP) is 3.36. The molecule has 0 amide bonds. The van der Waals surface area contributed by atoms with E-state index in [0.29, 0.717) is 5.13 Å². The van der Waals surface area contributed by atoms with Crippen molar-refractivity contribution in [2.24, 2.45) is 0 Å². The third-order valence-corrected chi connectivity index (χ3v) is 3.84. The third-order valence-electron chi connectivity index (χ3n) is 3.01. The Morgan fingerprint density at radius 1 is 1.16 bits per heavy atom. The summed E-state index contributed by atoms with van der Waals surface area (Å²) in [6.07, 6.45) is 1.84. The van der Waals surface area contributed by atoms with Crippen LogP contribution in [0.2, 0.25) is 0 Å². The largest absolute Gasteiger partial charge is 0.375 e. The van der Waals surface area contributed by atoms with Crippen LogP contribution in [-0.2, 0) is 13.1 Å². The molecule has 3 N–H and O–H groups in total. The maximum absolute atomic E-state index is 5.61. The lowest BCUT2D eigenvalue weighted by Crippen LogP contribution is -2.14. The molecule has 0 spiro atoms. The fourth-order valence-corrected chi connectivity index (χ4v) is 2.86. The van der Waals surface area contributed by atoms with E-state index in [1.807, 2.05) is 6.20 Å². The summed E-state index contributed by atoms with van der Waals surface area (Å²) in [4.78, 5) is 5.22. The maximum atomic E-state index is 5.61. The van der Waals surface area contributed by atoms with Gasteiger partial charge in [-0.1, -0.05) is 17.7 Å². The lowest BCUT2D eigenvalue weighted by molar-refractivity contribution is 0.694. The van der Waals surface area contributed by atoms with E-state index in [2.05, 4.69) is 43.2 Å². The van der Waals surface area contributed by atoms with E-state index in [1.54, 1.807) is 0 Å². The molecule has 1 heterocycles. The summed E-state index contributed by atoms with van der Waals surface area (Å²) in [5.74, 6) is 0. The minimum atomic E-state index is 0. The molecule has 0 saturated carbocycles. The Morgan fingerprint density at radius 3 is 2.32 bits per heavy atom. The molecule has 3 nitrogen and oxygen atoms in total. The SMILES string of the molecule is Cc1cc(C)c(CNCc2cnc(N)s2)c(C)c1.Cl. The Balaban J connectivity index is 0.00000180. The second kappa shape index (κ2) is 6.89. The quantitative estimate of drug-likeness (QED) is 0.910. The van der Waals surface area contributed by atoms with Crippen molar-refractivity contribution in [3.8, 4) is 0 Å². The molecule has 19 heavy (non-hydrogen) atoms. The fraction of sp³-hybridized carbons (Fsp3) is 0.357. The van der Waals surface area contributed by atoms with Gasteiger partial charge in [-0.2, -0.15) is 0 Å². The second-order valence-electron chi connectivity index (χ2n) is 4.65. The summed E-state index contributed by atoms with van der Waals surface area (Å²) in [5, 5.41) is 4.08. The van der Waals surface area contributed by atoms with Gasteiger partial charge in [0.2, 0.25) is 0 Å². The molecular weight excluding hydrogens is 278 g/mol. The number of halogens is 1. The molecule has 1 aromatic heterocycles. The second-order valence-corrected chi connectivity index (χ2v) is 5.79. The van der Waals surface area contributed by atoms with Crippen molar-refractivity contribution >= 4 is 28.9 Å². The molecule has 0 atom stereocenters. The van der Waals surface area contributed by atoms with Crippen molar-refractivity contribution in [1.29, 1.82) is 0 Å². The van der Waals surface area contributed by atoms with Gasteiger partial charge < -0.3 is 11.1 Å². The first-order chi connectivity index (χ1) is 8.56. The number of hydrogen-bond donors (Lipinski definition) is 2. The molecule has 0 fully saturated rings. The van der Waals surface area contributed by atoms with E-state index in [0.717, 1.165) is 13.1 Å². The number of nitrogens with one attached hydrogen (secondary N) is 1. The van der Waals surface area contributed by atoms with Gasteiger partial charge in [0.25, 0.3) is 0 Å². The van der Waals surface area contributed by atoms with E-state index in [4.69, 9.17) is 5.73 Å². The highest BCUT2D eigenvalue weighted by molar-refractivity contribution is 7.15. The van der Waals surface area contributed by atoms with Crippen molar-refractivity contribution in [2.45, 2.75) is 33.9 Å². The monoisotopic (exact) mass is 297 g/mol. The zero-order chi connectivity index (χ0) is 13.1. The van der Waals surface area contributed by atoms with Crippen molar-refractivity contribution in [2.75, 3.05) is 5.73 Å². The Hall–Kier alpha value is -1.10. The number of nitrogens with zero attached hydrogens (tertiary/aromatic N) is 1. The molecule has 0 bridgehead atoms. The Kier molecular flexibility index (Phi) is 5.79. The molecule has 104 valence electrons. The zero-order valence-corrected chi connectivity index (χ0v) is 13.1. The van der Waals surface area contributed by atoms with Crippen molar-refractivity contribution in [1.82, 2.24) is 10.3 Å². The fourth-order valence-electron chi connectivity index (χ4n) is 2.20. The van der Waals surface area contributed by atoms with E-state index in [9.17, 15) is 0 Å². The molecular formula is C14H20ClN3S. The normalized spacial score (nSPS) is 10.3. The van der Waals surface area contributed by atoms with Crippen molar-refractivity contribution < 1.29 is 0 Å². The molecule has 2 aromatic rings. The molecule has 1 aromatic carbocycles. The van der Waals surface area contributed by atoms with E-state index >= 15 is 0 Å². The van der Waals surface area contributed by atoms with Crippen LogP contribution in [0.25, 0.3) is 0 Å². The topological polar surface area (TPSA) is 50.9 Å². The molecule has 0 unspecified atom stereocenters. The van der Waals surface area contributed by atoms with Crippen LogP contribution in [0.1, 0.15) is 27.1 Å². The van der Waals surface area contributed by atoms with Crippen LogP contribution in [0.4, 0.5) is 5.13 Å². The Morgan fingerprint density at radius 2 is 1.79 bits per heavy atom. The lowest BCUT2D eigenvalue weighted by atomic mass is 10.00. The summed E-state index contributed by atoms with van der Waals surface area (Å²) in [6, 6.07) is 4.46. The molecule has 0 saturated heterocycles. The summed E-state index contributed by atoms with van der Waals surface area (Å²) >= 11 is 1.54. The van der Waals surface area contributed by atoms with Gasteiger partial charge >= 0.3 is 0 Å². The molecule has 0 aliphatic rings. The first kappa shape index (κ1) is 16.0. The van der Waals surface area contributed by atoms with Crippen LogP contribution >= 0.6 is 23.7 Å². The number of thiazole rings is 1. The van der Waals surface area contributed by atoms with E-state index in [1.165, 1.54) is 38.5 Å². The highest BCUT2D eigenvalue weighted by atomic mass is 35.5. The van der Waals surface area contributed by atoms with Crippen LogP contribution in [0, 0.1) is 20.8 Å². The van der Waals surface area contributed by atoms with Crippen molar-refractivity contribution in [3.05, 3.63) is 45.5 Å². The number of nitrogen functional groups attached to an aromatic ring is 1. The van der Waals surface area contributed by atoms with Gasteiger partial charge in [-0.05, 0) is 37.5 Å². The minimum Gasteiger partial charge on any atom is -0.375 e. The Labute approximate surface area is 124 Å². The standard InChI is InChI=1S/C14H19N3S.ClH/c1-9-4-10(2)13(11(3)5-9)8-16-6-12-7-17-14(15)18-12;/h4-5,7,16H,6,8H2,1-3H3,(H2,15,17);1H. The van der Waals surface area contributed by atoms with Gasteiger partial charge in [-0.15, -0.1) is 23.7 Å². The van der Waals surface area contributed by atoms with Crippen LogP contribution in [0.3, 0.4) is 0 Å².